The van der Waals surface area contributed by atoms with Crippen molar-refractivity contribution in [1.29, 1.82) is 0 Å². The van der Waals surface area contributed by atoms with Crippen molar-refractivity contribution in [2.24, 2.45) is 5.92 Å². The number of amides is 1. The SMILES string of the molecule is Cc1onc2c1c(=O)n(C1CCCC(CNC(=O)c3ccc(N)cc3)C1)c1cccc(Cl)c21. The number of nitrogens with one attached hydrogen (secondary N) is 1. The smallest absolute Gasteiger partial charge is 0.264 e. The molecule has 33 heavy (non-hydrogen) atoms. The minimum Gasteiger partial charge on any atom is -0.399 e. The summed E-state index contributed by atoms with van der Waals surface area (Å²) in [5, 5.41) is 8.93. The number of rotatable bonds is 4. The van der Waals surface area contributed by atoms with Crippen LogP contribution in [-0.4, -0.2) is 22.2 Å². The Morgan fingerprint density at radius 3 is 2.79 bits per heavy atom. The topological polar surface area (TPSA) is 103 Å². The predicted octanol–water partition coefficient (Wildman–Crippen LogP) is 4.85. The molecule has 0 spiro atoms. The zero-order chi connectivity index (χ0) is 23.1. The number of nitrogens with zero attached hydrogens (tertiary/aromatic N) is 2. The second-order valence-electron chi connectivity index (χ2n) is 8.79. The molecule has 1 aliphatic carbocycles. The summed E-state index contributed by atoms with van der Waals surface area (Å²) in [5.74, 6) is 0.642. The molecule has 1 aliphatic rings. The lowest BCUT2D eigenvalue weighted by molar-refractivity contribution is 0.0940. The summed E-state index contributed by atoms with van der Waals surface area (Å²) < 4.78 is 7.22. The van der Waals surface area contributed by atoms with Gasteiger partial charge in [0.2, 0.25) is 0 Å². The maximum Gasteiger partial charge on any atom is 0.264 e. The van der Waals surface area contributed by atoms with E-state index < -0.39 is 0 Å². The van der Waals surface area contributed by atoms with Crippen molar-refractivity contribution in [3.05, 3.63) is 69.2 Å². The lowest BCUT2D eigenvalue weighted by atomic mass is 9.85. The molecule has 2 unspecified atom stereocenters. The van der Waals surface area contributed by atoms with E-state index in [4.69, 9.17) is 21.9 Å². The van der Waals surface area contributed by atoms with Gasteiger partial charge in [0.15, 0.2) is 0 Å². The third kappa shape index (κ3) is 3.86. The molecule has 5 rings (SSSR count). The first-order valence-electron chi connectivity index (χ1n) is 11.2. The summed E-state index contributed by atoms with van der Waals surface area (Å²) in [5.41, 5.74) is 8.10. The average Bonchev–Trinajstić information content (AvgIpc) is 3.20. The highest BCUT2D eigenvalue weighted by Crippen LogP contribution is 2.36. The van der Waals surface area contributed by atoms with Crippen LogP contribution in [0.3, 0.4) is 0 Å². The summed E-state index contributed by atoms with van der Waals surface area (Å²) in [6.07, 6.45) is 3.65. The van der Waals surface area contributed by atoms with Crippen molar-refractivity contribution in [1.82, 2.24) is 15.0 Å². The zero-order valence-corrected chi connectivity index (χ0v) is 19.1. The van der Waals surface area contributed by atoms with Gasteiger partial charge in [-0.15, -0.1) is 0 Å². The monoisotopic (exact) mass is 464 g/mol. The number of aromatic nitrogens is 2. The fourth-order valence-electron chi connectivity index (χ4n) is 4.99. The number of halogens is 1. The van der Waals surface area contributed by atoms with Crippen molar-refractivity contribution < 1.29 is 9.32 Å². The maximum absolute atomic E-state index is 13.6. The number of fused-ring (bicyclic) bond motifs is 3. The summed E-state index contributed by atoms with van der Waals surface area (Å²) in [6.45, 7) is 2.31. The van der Waals surface area contributed by atoms with E-state index in [2.05, 4.69) is 10.5 Å². The van der Waals surface area contributed by atoms with E-state index in [1.54, 1.807) is 37.3 Å². The summed E-state index contributed by atoms with van der Waals surface area (Å²) in [6, 6.07) is 12.5. The molecule has 2 atom stereocenters. The van der Waals surface area contributed by atoms with E-state index in [1.165, 1.54) is 0 Å². The van der Waals surface area contributed by atoms with Gasteiger partial charge in [-0.25, -0.2) is 0 Å². The molecular weight excluding hydrogens is 440 g/mol. The number of anilines is 1. The molecule has 170 valence electrons. The highest BCUT2D eigenvalue weighted by Gasteiger charge is 2.28. The van der Waals surface area contributed by atoms with Gasteiger partial charge in [0.05, 0.1) is 10.5 Å². The third-order valence-electron chi connectivity index (χ3n) is 6.63. The Kier molecular flexibility index (Phi) is 5.58. The van der Waals surface area contributed by atoms with Crippen LogP contribution < -0.4 is 16.6 Å². The van der Waals surface area contributed by atoms with Gasteiger partial charge >= 0.3 is 0 Å². The van der Waals surface area contributed by atoms with Crippen molar-refractivity contribution in [3.8, 4) is 0 Å². The molecule has 4 aromatic rings. The van der Waals surface area contributed by atoms with Crippen LogP contribution in [0.2, 0.25) is 5.02 Å². The molecule has 2 heterocycles. The molecular formula is C25H25ClN4O3. The summed E-state index contributed by atoms with van der Waals surface area (Å²) in [7, 11) is 0. The maximum atomic E-state index is 13.6. The van der Waals surface area contributed by atoms with Crippen LogP contribution in [0.15, 0.2) is 51.8 Å². The van der Waals surface area contributed by atoms with Crippen LogP contribution in [0.25, 0.3) is 21.8 Å². The Hall–Kier alpha value is -3.32. The van der Waals surface area contributed by atoms with Crippen LogP contribution in [0.1, 0.15) is 47.8 Å². The van der Waals surface area contributed by atoms with Crippen molar-refractivity contribution in [2.75, 3.05) is 12.3 Å². The highest BCUT2D eigenvalue weighted by molar-refractivity contribution is 6.37. The number of hydrogen-bond acceptors (Lipinski definition) is 5. The van der Waals surface area contributed by atoms with E-state index in [1.807, 2.05) is 16.7 Å². The first kappa shape index (κ1) is 21.5. The van der Waals surface area contributed by atoms with Gasteiger partial charge < -0.3 is 20.1 Å². The molecule has 3 N–H and O–H groups in total. The van der Waals surface area contributed by atoms with Crippen LogP contribution in [0, 0.1) is 12.8 Å². The molecule has 2 aromatic carbocycles. The van der Waals surface area contributed by atoms with E-state index in [0.717, 1.165) is 36.6 Å². The van der Waals surface area contributed by atoms with Gasteiger partial charge in [0, 0.05) is 29.2 Å². The van der Waals surface area contributed by atoms with Gasteiger partial charge in [0.1, 0.15) is 16.7 Å². The number of carbonyl (C=O) groups is 1. The molecule has 2 aromatic heterocycles. The van der Waals surface area contributed by atoms with Gasteiger partial charge in [0.25, 0.3) is 11.5 Å². The lowest BCUT2D eigenvalue weighted by Gasteiger charge is -2.31. The quantitative estimate of drug-likeness (QED) is 0.420. The van der Waals surface area contributed by atoms with E-state index >= 15 is 0 Å². The number of pyridine rings is 1. The third-order valence-corrected chi connectivity index (χ3v) is 6.94. The molecule has 0 radical (unpaired) electrons. The number of benzene rings is 2. The Morgan fingerprint density at radius 1 is 1.21 bits per heavy atom. The second-order valence-corrected chi connectivity index (χ2v) is 9.20. The van der Waals surface area contributed by atoms with Crippen molar-refractivity contribution in [3.63, 3.8) is 0 Å². The minimum absolute atomic E-state index is 0.00402. The number of hydrogen-bond donors (Lipinski definition) is 2. The molecule has 0 aliphatic heterocycles. The van der Waals surface area contributed by atoms with Crippen LogP contribution in [-0.2, 0) is 0 Å². The molecule has 8 heteroatoms. The molecule has 1 fully saturated rings. The van der Waals surface area contributed by atoms with E-state index in [0.29, 0.717) is 39.5 Å². The fourth-order valence-corrected chi connectivity index (χ4v) is 5.25. The second kappa shape index (κ2) is 8.56. The molecule has 1 saturated carbocycles. The van der Waals surface area contributed by atoms with Crippen LogP contribution in [0.5, 0.6) is 0 Å². The average molecular weight is 465 g/mol. The lowest BCUT2D eigenvalue weighted by Crippen LogP contribution is -2.34. The van der Waals surface area contributed by atoms with Crippen molar-refractivity contribution >= 4 is 45.0 Å². The van der Waals surface area contributed by atoms with Gasteiger partial charge in [-0.2, -0.15) is 0 Å². The molecule has 7 nitrogen and oxygen atoms in total. The standard InChI is InChI=1S/C25H25ClN4O3/c1-14-21-23(29-33-14)22-19(26)6-3-7-20(22)30(25(21)32)18-5-2-4-15(12-18)13-28-24(31)16-8-10-17(27)11-9-16/h3,6-11,15,18H,2,4-5,12-13,27H2,1H3,(H,28,31). The fraction of sp³-hybridized carbons (Fsp3) is 0.320. The van der Waals surface area contributed by atoms with Crippen molar-refractivity contribution in [2.45, 2.75) is 38.6 Å². The predicted molar refractivity (Wildman–Crippen MR) is 130 cm³/mol. The molecule has 0 bridgehead atoms. The summed E-state index contributed by atoms with van der Waals surface area (Å²) >= 11 is 6.54. The first-order valence-corrected chi connectivity index (χ1v) is 11.5. The Labute approximate surface area is 195 Å². The van der Waals surface area contributed by atoms with E-state index in [9.17, 15) is 9.59 Å². The zero-order valence-electron chi connectivity index (χ0n) is 18.3. The summed E-state index contributed by atoms with van der Waals surface area (Å²) in [4.78, 5) is 26.1. The van der Waals surface area contributed by atoms with Gasteiger partial charge in [-0.05, 0) is 68.5 Å². The largest absolute Gasteiger partial charge is 0.399 e. The van der Waals surface area contributed by atoms with Crippen LogP contribution >= 0.6 is 11.6 Å². The van der Waals surface area contributed by atoms with Gasteiger partial charge in [-0.1, -0.05) is 29.2 Å². The highest BCUT2D eigenvalue weighted by atomic mass is 35.5. The number of carbonyl (C=O) groups excluding carboxylic acids is 1. The Balaban J connectivity index is 1.44. The molecule has 0 saturated heterocycles. The minimum atomic E-state index is -0.118. The number of nitrogens with two attached hydrogens (primary N) is 1. The number of nitrogen functional groups attached to an aromatic ring is 1. The number of aryl methyl sites for hydroxylation is 1. The normalized spacial score (nSPS) is 18.6. The van der Waals surface area contributed by atoms with E-state index in [-0.39, 0.29) is 23.4 Å². The Morgan fingerprint density at radius 2 is 2.00 bits per heavy atom. The molecule has 1 amide bonds. The Bertz CT molecular complexity index is 1410. The first-order chi connectivity index (χ1) is 15.9. The van der Waals surface area contributed by atoms with Gasteiger partial charge in [-0.3, -0.25) is 9.59 Å². The van der Waals surface area contributed by atoms with Crippen LogP contribution in [0.4, 0.5) is 5.69 Å².